The molecule has 0 fully saturated rings. The number of aromatic nitrogens is 2. The van der Waals surface area contributed by atoms with Crippen LogP contribution in [0.25, 0.3) is 0 Å². The van der Waals surface area contributed by atoms with Gasteiger partial charge in [-0.15, -0.1) is 11.3 Å². The van der Waals surface area contributed by atoms with Crippen LogP contribution in [0.3, 0.4) is 0 Å². The van der Waals surface area contributed by atoms with E-state index in [1.165, 1.54) is 0 Å². The highest BCUT2D eigenvalue weighted by atomic mass is 35.5. The van der Waals surface area contributed by atoms with Gasteiger partial charge in [-0.2, -0.15) is 0 Å². The van der Waals surface area contributed by atoms with Crippen LogP contribution >= 0.6 is 22.9 Å². The Morgan fingerprint density at radius 2 is 2.12 bits per heavy atom. The minimum absolute atomic E-state index is 0.227. The van der Waals surface area contributed by atoms with E-state index in [0.29, 0.717) is 5.02 Å². The molecule has 2 rings (SSSR count). The van der Waals surface area contributed by atoms with Crippen molar-refractivity contribution < 1.29 is 0 Å². The van der Waals surface area contributed by atoms with E-state index in [2.05, 4.69) is 29.1 Å². The Hall–Kier alpha value is -1.13. The minimum Gasteiger partial charge on any atom is -0.359 e. The number of nitrogens with one attached hydrogen (secondary N) is 1. The summed E-state index contributed by atoms with van der Waals surface area (Å²) in [6.45, 7) is 4.14. The Balaban J connectivity index is 2.18. The van der Waals surface area contributed by atoms with Crippen LogP contribution < -0.4 is 5.32 Å². The lowest BCUT2D eigenvalue weighted by atomic mass is 10.1. The van der Waals surface area contributed by atoms with E-state index in [-0.39, 0.29) is 5.54 Å². The monoisotopic (exact) mass is 253 g/mol. The molecule has 1 N–H and O–H groups in total. The highest BCUT2D eigenvalue weighted by Gasteiger charge is 2.23. The number of hydrogen-bond donors (Lipinski definition) is 1. The van der Waals surface area contributed by atoms with Gasteiger partial charge in [0, 0.05) is 17.8 Å². The average molecular weight is 254 g/mol. The summed E-state index contributed by atoms with van der Waals surface area (Å²) in [6, 6.07) is 3.67. The summed E-state index contributed by atoms with van der Waals surface area (Å²) in [7, 11) is 0. The van der Waals surface area contributed by atoms with Gasteiger partial charge in [0.1, 0.15) is 10.8 Å². The number of pyridine rings is 1. The number of hydrogen-bond acceptors (Lipinski definition) is 4. The zero-order valence-corrected chi connectivity index (χ0v) is 10.6. The molecular weight excluding hydrogens is 242 g/mol. The molecule has 2 aromatic heterocycles. The van der Waals surface area contributed by atoms with Crippen LogP contribution in [0.1, 0.15) is 18.9 Å². The highest BCUT2D eigenvalue weighted by molar-refractivity contribution is 7.09. The lowest BCUT2D eigenvalue weighted by Gasteiger charge is -2.24. The van der Waals surface area contributed by atoms with E-state index in [0.717, 1.165) is 10.8 Å². The number of halogens is 1. The zero-order chi connectivity index (χ0) is 11.6. The van der Waals surface area contributed by atoms with Gasteiger partial charge in [0.25, 0.3) is 0 Å². The van der Waals surface area contributed by atoms with Crippen molar-refractivity contribution in [3.8, 4) is 0 Å². The number of thiazole rings is 1. The van der Waals surface area contributed by atoms with E-state index < -0.39 is 0 Å². The second-order valence-corrected chi connectivity index (χ2v) is 5.28. The molecule has 0 aliphatic carbocycles. The Kier molecular flexibility index (Phi) is 3.12. The average Bonchev–Trinajstić information content (AvgIpc) is 2.75. The second-order valence-electron chi connectivity index (χ2n) is 3.95. The topological polar surface area (TPSA) is 37.8 Å². The van der Waals surface area contributed by atoms with Crippen molar-refractivity contribution in [1.29, 1.82) is 0 Å². The van der Waals surface area contributed by atoms with E-state index >= 15 is 0 Å². The van der Waals surface area contributed by atoms with Crippen molar-refractivity contribution in [1.82, 2.24) is 9.97 Å². The summed E-state index contributed by atoms with van der Waals surface area (Å²) in [4.78, 5) is 8.51. The molecule has 0 aliphatic heterocycles. The maximum absolute atomic E-state index is 5.78. The van der Waals surface area contributed by atoms with Gasteiger partial charge in [0.15, 0.2) is 0 Å². The number of rotatable bonds is 3. The fourth-order valence-corrected chi connectivity index (χ4v) is 2.19. The molecule has 3 nitrogen and oxygen atoms in total. The Labute approximate surface area is 104 Å². The molecule has 0 radical (unpaired) electrons. The molecular formula is C11H12ClN3S. The SMILES string of the molecule is CC(C)(Nc1ccc(Cl)cn1)c1nccs1. The van der Waals surface area contributed by atoms with Crippen molar-refractivity contribution in [3.05, 3.63) is 39.9 Å². The van der Waals surface area contributed by atoms with Crippen molar-refractivity contribution in [2.45, 2.75) is 19.4 Å². The molecule has 84 valence electrons. The molecule has 0 aromatic carbocycles. The van der Waals surface area contributed by atoms with Gasteiger partial charge in [-0.25, -0.2) is 9.97 Å². The summed E-state index contributed by atoms with van der Waals surface area (Å²) in [5, 5.41) is 6.96. The van der Waals surface area contributed by atoms with Gasteiger partial charge < -0.3 is 5.32 Å². The van der Waals surface area contributed by atoms with Gasteiger partial charge in [0.2, 0.25) is 0 Å². The van der Waals surface area contributed by atoms with Crippen LogP contribution in [-0.4, -0.2) is 9.97 Å². The van der Waals surface area contributed by atoms with Crippen LogP contribution in [-0.2, 0) is 5.54 Å². The smallest absolute Gasteiger partial charge is 0.126 e. The van der Waals surface area contributed by atoms with Gasteiger partial charge >= 0.3 is 0 Å². The van der Waals surface area contributed by atoms with Crippen LogP contribution in [0.2, 0.25) is 5.02 Å². The Bertz CT molecular complexity index is 451. The van der Waals surface area contributed by atoms with Crippen LogP contribution in [0.15, 0.2) is 29.9 Å². The van der Waals surface area contributed by atoms with Gasteiger partial charge in [-0.05, 0) is 26.0 Å². The predicted octanol–water partition coefficient (Wildman–Crippen LogP) is 3.54. The third-order valence-corrected chi connectivity index (χ3v) is 3.46. The normalized spacial score (nSPS) is 11.4. The largest absolute Gasteiger partial charge is 0.359 e. The summed E-state index contributed by atoms with van der Waals surface area (Å²) in [5.41, 5.74) is -0.227. The van der Waals surface area contributed by atoms with Crippen molar-refractivity contribution in [2.24, 2.45) is 0 Å². The molecule has 2 heterocycles. The number of anilines is 1. The fraction of sp³-hybridized carbons (Fsp3) is 0.273. The van der Waals surface area contributed by atoms with Crippen molar-refractivity contribution in [3.63, 3.8) is 0 Å². The first-order valence-electron chi connectivity index (χ1n) is 4.88. The third-order valence-electron chi connectivity index (χ3n) is 2.13. The first-order chi connectivity index (χ1) is 7.58. The Morgan fingerprint density at radius 3 is 2.69 bits per heavy atom. The second kappa shape index (κ2) is 4.39. The lowest BCUT2D eigenvalue weighted by molar-refractivity contribution is 0.601. The first kappa shape index (κ1) is 11.4. The number of nitrogens with zero attached hydrogens (tertiary/aromatic N) is 2. The van der Waals surface area contributed by atoms with E-state index in [1.54, 1.807) is 23.7 Å². The molecule has 0 unspecified atom stereocenters. The van der Waals surface area contributed by atoms with Gasteiger partial charge in [-0.3, -0.25) is 0 Å². The molecule has 0 saturated heterocycles. The van der Waals surface area contributed by atoms with E-state index in [4.69, 9.17) is 11.6 Å². The molecule has 5 heteroatoms. The Morgan fingerprint density at radius 1 is 1.31 bits per heavy atom. The van der Waals surface area contributed by atoms with Crippen LogP contribution in [0, 0.1) is 0 Å². The first-order valence-corrected chi connectivity index (χ1v) is 6.13. The summed E-state index contributed by atoms with van der Waals surface area (Å²) in [5.74, 6) is 0.796. The van der Waals surface area contributed by atoms with Crippen LogP contribution in [0.4, 0.5) is 5.82 Å². The minimum atomic E-state index is -0.227. The summed E-state index contributed by atoms with van der Waals surface area (Å²) >= 11 is 7.41. The maximum Gasteiger partial charge on any atom is 0.126 e. The van der Waals surface area contributed by atoms with Crippen molar-refractivity contribution in [2.75, 3.05) is 5.32 Å². The quantitative estimate of drug-likeness (QED) is 0.909. The third kappa shape index (κ3) is 2.51. The molecule has 16 heavy (non-hydrogen) atoms. The molecule has 2 aromatic rings. The molecule has 0 bridgehead atoms. The molecule has 0 atom stereocenters. The van der Waals surface area contributed by atoms with E-state index in [9.17, 15) is 0 Å². The molecule has 0 aliphatic rings. The maximum atomic E-state index is 5.78. The molecule has 0 spiro atoms. The van der Waals surface area contributed by atoms with Crippen LogP contribution in [0.5, 0.6) is 0 Å². The summed E-state index contributed by atoms with van der Waals surface area (Å²) in [6.07, 6.45) is 3.43. The molecule has 0 amide bonds. The fourth-order valence-electron chi connectivity index (χ4n) is 1.36. The zero-order valence-electron chi connectivity index (χ0n) is 9.07. The van der Waals surface area contributed by atoms with Gasteiger partial charge in [-0.1, -0.05) is 11.6 Å². The lowest BCUT2D eigenvalue weighted by Crippen LogP contribution is -2.28. The predicted molar refractivity (Wildman–Crippen MR) is 68.0 cm³/mol. The van der Waals surface area contributed by atoms with Gasteiger partial charge in [0.05, 0.1) is 10.6 Å². The summed E-state index contributed by atoms with van der Waals surface area (Å²) < 4.78 is 0. The standard InChI is InChI=1S/C11H12ClN3S/c1-11(2,10-13-5-6-16-10)15-9-4-3-8(12)7-14-9/h3-7H,1-2H3,(H,14,15). The van der Waals surface area contributed by atoms with Crippen molar-refractivity contribution >= 4 is 28.8 Å². The van der Waals surface area contributed by atoms with E-state index in [1.807, 2.05) is 17.5 Å². The highest BCUT2D eigenvalue weighted by Crippen LogP contribution is 2.26. The molecule has 0 saturated carbocycles.